The minimum atomic E-state index is -0.107. The van der Waals surface area contributed by atoms with E-state index in [1.54, 1.807) is 12.4 Å². The lowest BCUT2D eigenvalue weighted by atomic mass is 10.1. The SMILES string of the molecule is Oc1cccc(O)c1-c1nc(Cc2ccncc2)no1. The van der Waals surface area contributed by atoms with Crippen molar-refractivity contribution in [3.8, 4) is 23.0 Å². The monoisotopic (exact) mass is 269 g/mol. The molecule has 2 aromatic heterocycles. The molecule has 20 heavy (non-hydrogen) atoms. The van der Waals surface area contributed by atoms with E-state index in [1.807, 2.05) is 12.1 Å². The summed E-state index contributed by atoms with van der Waals surface area (Å²) in [6.07, 6.45) is 3.86. The number of nitrogens with zero attached hydrogens (tertiary/aromatic N) is 3. The third kappa shape index (κ3) is 2.31. The highest BCUT2D eigenvalue weighted by Gasteiger charge is 2.17. The average Bonchev–Trinajstić information content (AvgIpc) is 2.88. The minimum absolute atomic E-state index is 0.0876. The van der Waals surface area contributed by atoms with Crippen LogP contribution in [0.5, 0.6) is 11.5 Å². The highest BCUT2D eigenvalue weighted by atomic mass is 16.5. The zero-order chi connectivity index (χ0) is 13.9. The number of aromatic nitrogens is 3. The van der Waals surface area contributed by atoms with Crippen LogP contribution in [-0.4, -0.2) is 25.3 Å². The van der Waals surface area contributed by atoms with Crippen molar-refractivity contribution < 1.29 is 14.7 Å². The van der Waals surface area contributed by atoms with Crippen LogP contribution in [0.1, 0.15) is 11.4 Å². The second kappa shape index (κ2) is 5.00. The fourth-order valence-corrected chi connectivity index (χ4v) is 1.86. The summed E-state index contributed by atoms with van der Waals surface area (Å²) >= 11 is 0. The molecule has 0 radical (unpaired) electrons. The quantitative estimate of drug-likeness (QED) is 0.756. The normalized spacial score (nSPS) is 10.6. The maximum absolute atomic E-state index is 9.75. The molecule has 0 saturated heterocycles. The topological polar surface area (TPSA) is 92.3 Å². The second-order valence-electron chi connectivity index (χ2n) is 4.22. The first-order valence-corrected chi connectivity index (χ1v) is 5.97. The Morgan fingerprint density at radius 2 is 1.70 bits per heavy atom. The molecule has 100 valence electrons. The molecular weight excluding hydrogens is 258 g/mol. The van der Waals surface area contributed by atoms with E-state index in [0.29, 0.717) is 12.2 Å². The molecule has 6 heteroatoms. The summed E-state index contributed by atoms with van der Waals surface area (Å²) in [5.74, 6) is 0.340. The number of benzene rings is 1. The molecule has 0 spiro atoms. The number of hydrogen-bond donors (Lipinski definition) is 2. The number of hydrogen-bond acceptors (Lipinski definition) is 6. The van der Waals surface area contributed by atoms with E-state index < -0.39 is 0 Å². The molecule has 0 saturated carbocycles. The molecule has 0 aliphatic carbocycles. The van der Waals surface area contributed by atoms with Gasteiger partial charge in [-0.2, -0.15) is 4.98 Å². The summed E-state index contributed by atoms with van der Waals surface area (Å²) < 4.78 is 5.09. The Morgan fingerprint density at radius 1 is 1.00 bits per heavy atom. The van der Waals surface area contributed by atoms with Crippen LogP contribution in [0.4, 0.5) is 0 Å². The van der Waals surface area contributed by atoms with Gasteiger partial charge in [0.05, 0.1) is 0 Å². The Balaban J connectivity index is 1.91. The van der Waals surface area contributed by atoms with Crippen LogP contribution in [0.2, 0.25) is 0 Å². The number of pyridine rings is 1. The second-order valence-corrected chi connectivity index (χ2v) is 4.22. The summed E-state index contributed by atoms with van der Waals surface area (Å²) in [5.41, 5.74) is 1.13. The van der Waals surface area contributed by atoms with E-state index in [2.05, 4.69) is 15.1 Å². The number of phenols is 2. The van der Waals surface area contributed by atoms with Crippen LogP contribution in [0, 0.1) is 0 Å². The molecule has 1 aromatic carbocycles. The molecule has 6 nitrogen and oxygen atoms in total. The van der Waals surface area contributed by atoms with Gasteiger partial charge < -0.3 is 14.7 Å². The molecule has 3 rings (SSSR count). The standard InChI is InChI=1S/C14H11N3O3/c18-10-2-1-3-11(19)13(10)14-16-12(17-20-14)8-9-4-6-15-7-5-9/h1-7,18-19H,8H2. The predicted molar refractivity (Wildman–Crippen MR) is 70.1 cm³/mol. The molecular formula is C14H11N3O3. The smallest absolute Gasteiger partial charge is 0.265 e. The lowest BCUT2D eigenvalue weighted by Crippen LogP contribution is -1.90. The number of aromatic hydroxyl groups is 2. The third-order valence-electron chi connectivity index (χ3n) is 2.81. The summed E-state index contributed by atoms with van der Waals surface area (Å²) in [7, 11) is 0. The van der Waals surface area contributed by atoms with Crippen molar-refractivity contribution in [2.24, 2.45) is 0 Å². The molecule has 0 aliphatic rings. The molecule has 0 fully saturated rings. The van der Waals surface area contributed by atoms with Crippen LogP contribution >= 0.6 is 0 Å². The van der Waals surface area contributed by atoms with Gasteiger partial charge in [0.15, 0.2) is 5.82 Å². The van der Waals surface area contributed by atoms with Crippen molar-refractivity contribution in [2.75, 3.05) is 0 Å². The van der Waals surface area contributed by atoms with Crippen molar-refractivity contribution in [3.63, 3.8) is 0 Å². The lowest BCUT2D eigenvalue weighted by Gasteiger charge is -2.00. The first-order valence-electron chi connectivity index (χ1n) is 5.97. The molecule has 0 aliphatic heterocycles. The van der Waals surface area contributed by atoms with Crippen molar-refractivity contribution >= 4 is 0 Å². The molecule has 0 amide bonds. The maximum Gasteiger partial charge on any atom is 0.265 e. The number of rotatable bonds is 3. The summed E-state index contributed by atoms with van der Waals surface area (Å²) in [5, 5.41) is 23.3. The zero-order valence-electron chi connectivity index (χ0n) is 10.4. The fraction of sp³-hybridized carbons (Fsp3) is 0.0714. The largest absolute Gasteiger partial charge is 0.507 e. The summed E-state index contributed by atoms with van der Waals surface area (Å²) in [4.78, 5) is 8.11. The van der Waals surface area contributed by atoms with Gasteiger partial charge in [-0.1, -0.05) is 11.2 Å². The van der Waals surface area contributed by atoms with E-state index >= 15 is 0 Å². The third-order valence-corrected chi connectivity index (χ3v) is 2.81. The molecule has 2 N–H and O–H groups in total. The van der Waals surface area contributed by atoms with Gasteiger partial charge in [-0.25, -0.2) is 0 Å². The van der Waals surface area contributed by atoms with Gasteiger partial charge in [-0.05, 0) is 29.8 Å². The first kappa shape index (κ1) is 12.2. The van der Waals surface area contributed by atoms with E-state index in [4.69, 9.17) is 4.52 Å². The first-order chi connectivity index (χ1) is 9.74. The van der Waals surface area contributed by atoms with Crippen LogP contribution in [0.15, 0.2) is 47.2 Å². The molecule has 2 heterocycles. The van der Waals surface area contributed by atoms with Crippen molar-refractivity contribution in [2.45, 2.75) is 6.42 Å². The van der Waals surface area contributed by atoms with Crippen molar-refractivity contribution in [1.82, 2.24) is 15.1 Å². The Bertz CT molecular complexity index is 705. The van der Waals surface area contributed by atoms with E-state index in [-0.39, 0.29) is 23.0 Å². The maximum atomic E-state index is 9.75. The Kier molecular flexibility index (Phi) is 3.04. The van der Waals surface area contributed by atoms with Gasteiger partial charge in [0.25, 0.3) is 5.89 Å². The fourth-order valence-electron chi connectivity index (χ4n) is 1.86. The van der Waals surface area contributed by atoms with Gasteiger partial charge in [0.1, 0.15) is 17.1 Å². The number of phenolic OH excluding ortho intramolecular Hbond substituents is 2. The summed E-state index contributed by atoms with van der Waals surface area (Å²) in [6.45, 7) is 0. The molecule has 3 aromatic rings. The van der Waals surface area contributed by atoms with Crippen LogP contribution in [0.3, 0.4) is 0 Å². The van der Waals surface area contributed by atoms with Crippen LogP contribution in [-0.2, 0) is 6.42 Å². The predicted octanol–water partition coefficient (Wildman–Crippen LogP) is 2.13. The van der Waals surface area contributed by atoms with Gasteiger partial charge >= 0.3 is 0 Å². The van der Waals surface area contributed by atoms with Gasteiger partial charge in [0.2, 0.25) is 0 Å². The van der Waals surface area contributed by atoms with E-state index in [1.165, 1.54) is 18.2 Å². The molecule has 0 atom stereocenters. The van der Waals surface area contributed by atoms with Crippen molar-refractivity contribution in [1.29, 1.82) is 0 Å². The Labute approximate surface area is 114 Å². The van der Waals surface area contributed by atoms with E-state index in [9.17, 15) is 10.2 Å². The van der Waals surface area contributed by atoms with Gasteiger partial charge in [0, 0.05) is 18.8 Å². The van der Waals surface area contributed by atoms with Crippen LogP contribution in [0.25, 0.3) is 11.5 Å². The molecule has 0 bridgehead atoms. The zero-order valence-corrected chi connectivity index (χ0v) is 10.4. The molecule has 0 unspecified atom stereocenters. The van der Waals surface area contributed by atoms with Crippen LogP contribution < -0.4 is 0 Å². The van der Waals surface area contributed by atoms with Crippen molar-refractivity contribution in [3.05, 3.63) is 54.1 Å². The summed E-state index contributed by atoms with van der Waals surface area (Å²) in [6, 6.07) is 8.13. The Hall–Kier alpha value is -2.89. The highest BCUT2D eigenvalue weighted by Crippen LogP contribution is 2.35. The Morgan fingerprint density at radius 3 is 2.40 bits per heavy atom. The van der Waals surface area contributed by atoms with Gasteiger partial charge in [-0.15, -0.1) is 0 Å². The highest BCUT2D eigenvalue weighted by molar-refractivity contribution is 5.69. The average molecular weight is 269 g/mol. The minimum Gasteiger partial charge on any atom is -0.507 e. The lowest BCUT2D eigenvalue weighted by molar-refractivity contribution is 0.410. The van der Waals surface area contributed by atoms with Gasteiger partial charge in [-0.3, -0.25) is 4.98 Å². The van der Waals surface area contributed by atoms with E-state index in [0.717, 1.165) is 5.56 Å².